The second-order valence-corrected chi connectivity index (χ2v) is 7.08. The number of hydrogen-bond donors (Lipinski definition) is 1. The third-order valence-electron chi connectivity index (χ3n) is 5.24. The summed E-state index contributed by atoms with van der Waals surface area (Å²) in [5.74, 6) is 0.603. The number of nitrogens with zero attached hydrogens (tertiary/aromatic N) is 2. The average Bonchev–Trinajstić information content (AvgIpc) is 3.28. The van der Waals surface area contributed by atoms with Crippen LogP contribution < -0.4 is 5.32 Å². The second kappa shape index (κ2) is 6.98. The average molecular weight is 383 g/mol. The van der Waals surface area contributed by atoms with Crippen molar-refractivity contribution in [2.75, 3.05) is 5.32 Å². The predicted octanol–water partition coefficient (Wildman–Crippen LogP) is 4.39. The lowest BCUT2D eigenvalue weighted by atomic mass is 9.85. The van der Waals surface area contributed by atoms with Crippen molar-refractivity contribution in [1.82, 2.24) is 9.97 Å². The number of nitrogens with one attached hydrogen (secondary N) is 1. The van der Waals surface area contributed by atoms with Gasteiger partial charge in [0.15, 0.2) is 5.78 Å². The first-order chi connectivity index (χ1) is 14.2. The number of furan rings is 1. The number of rotatable bonds is 3. The zero-order chi connectivity index (χ0) is 19.8. The van der Waals surface area contributed by atoms with Crippen LogP contribution >= 0.6 is 0 Å². The van der Waals surface area contributed by atoms with Gasteiger partial charge < -0.3 is 4.42 Å². The van der Waals surface area contributed by atoms with Crippen LogP contribution in [0, 0.1) is 0 Å². The van der Waals surface area contributed by atoms with Crippen LogP contribution in [0.3, 0.4) is 0 Å². The SMILES string of the molecule is O=C1C[C@H](c2ccco2)Cc2nc(NC(=O)c3cccc4ccccc34)ncc21. The van der Waals surface area contributed by atoms with Gasteiger partial charge in [0.25, 0.3) is 5.91 Å². The normalized spacial score (nSPS) is 15.9. The van der Waals surface area contributed by atoms with Crippen molar-refractivity contribution in [2.24, 2.45) is 0 Å². The molecule has 0 unspecified atom stereocenters. The predicted molar refractivity (Wildman–Crippen MR) is 108 cm³/mol. The van der Waals surface area contributed by atoms with Crippen molar-refractivity contribution < 1.29 is 14.0 Å². The van der Waals surface area contributed by atoms with E-state index in [-0.39, 0.29) is 23.6 Å². The highest BCUT2D eigenvalue weighted by molar-refractivity contribution is 6.12. The summed E-state index contributed by atoms with van der Waals surface area (Å²) < 4.78 is 5.46. The van der Waals surface area contributed by atoms with Crippen molar-refractivity contribution in [3.63, 3.8) is 0 Å². The number of ketones is 1. The minimum Gasteiger partial charge on any atom is -0.469 e. The molecule has 1 amide bonds. The van der Waals surface area contributed by atoms with Gasteiger partial charge >= 0.3 is 0 Å². The molecule has 6 heteroatoms. The first-order valence-corrected chi connectivity index (χ1v) is 9.40. The van der Waals surface area contributed by atoms with Crippen molar-refractivity contribution in [3.8, 4) is 0 Å². The lowest BCUT2D eigenvalue weighted by Crippen LogP contribution is -2.22. The van der Waals surface area contributed by atoms with Gasteiger partial charge in [-0.15, -0.1) is 0 Å². The number of hydrogen-bond acceptors (Lipinski definition) is 5. The van der Waals surface area contributed by atoms with Gasteiger partial charge in [-0.1, -0.05) is 36.4 Å². The fourth-order valence-corrected chi connectivity index (χ4v) is 3.82. The van der Waals surface area contributed by atoms with E-state index in [2.05, 4.69) is 15.3 Å². The first kappa shape index (κ1) is 17.3. The molecule has 0 saturated carbocycles. The number of anilines is 1. The molecule has 1 aliphatic carbocycles. The Morgan fingerprint density at radius 2 is 1.90 bits per heavy atom. The van der Waals surface area contributed by atoms with E-state index in [1.54, 1.807) is 12.3 Å². The Labute approximate surface area is 166 Å². The van der Waals surface area contributed by atoms with Crippen LogP contribution in [-0.2, 0) is 6.42 Å². The van der Waals surface area contributed by atoms with Gasteiger partial charge in [0, 0.05) is 30.5 Å². The lowest BCUT2D eigenvalue weighted by Gasteiger charge is -2.21. The Balaban J connectivity index is 1.43. The van der Waals surface area contributed by atoms with Crippen LogP contribution in [0.4, 0.5) is 5.95 Å². The molecule has 0 spiro atoms. The molecule has 2 heterocycles. The molecule has 0 fully saturated rings. The van der Waals surface area contributed by atoms with Gasteiger partial charge in [-0.05, 0) is 29.0 Å². The molecule has 1 N–H and O–H groups in total. The summed E-state index contributed by atoms with van der Waals surface area (Å²) in [5.41, 5.74) is 1.69. The van der Waals surface area contributed by atoms with Crippen LogP contribution in [0.5, 0.6) is 0 Å². The van der Waals surface area contributed by atoms with E-state index in [1.807, 2.05) is 48.5 Å². The molecular weight excluding hydrogens is 366 g/mol. The zero-order valence-corrected chi connectivity index (χ0v) is 15.5. The van der Waals surface area contributed by atoms with Crippen LogP contribution in [0.1, 0.15) is 44.5 Å². The monoisotopic (exact) mass is 383 g/mol. The Kier molecular flexibility index (Phi) is 4.17. The number of fused-ring (bicyclic) bond motifs is 2. The molecule has 142 valence electrons. The maximum absolute atomic E-state index is 12.8. The summed E-state index contributed by atoms with van der Waals surface area (Å²) in [6, 6.07) is 17.0. The number of Topliss-reactive ketones (excluding diaryl/α,β-unsaturated/α-hetero) is 1. The summed E-state index contributed by atoms with van der Waals surface area (Å²) in [6.45, 7) is 0. The summed E-state index contributed by atoms with van der Waals surface area (Å²) in [4.78, 5) is 34.0. The molecule has 29 heavy (non-hydrogen) atoms. The summed E-state index contributed by atoms with van der Waals surface area (Å²) in [6.07, 6.45) is 4.03. The number of carbonyl (C=O) groups is 2. The van der Waals surface area contributed by atoms with E-state index >= 15 is 0 Å². The van der Waals surface area contributed by atoms with Crippen LogP contribution in [-0.4, -0.2) is 21.7 Å². The summed E-state index contributed by atoms with van der Waals surface area (Å²) in [7, 11) is 0. The van der Waals surface area contributed by atoms with Crippen molar-refractivity contribution in [2.45, 2.75) is 18.8 Å². The molecule has 5 rings (SSSR count). The van der Waals surface area contributed by atoms with E-state index in [9.17, 15) is 9.59 Å². The minimum absolute atomic E-state index is 0.0143. The van der Waals surface area contributed by atoms with E-state index in [0.717, 1.165) is 16.5 Å². The van der Waals surface area contributed by atoms with Gasteiger partial charge in [-0.2, -0.15) is 0 Å². The van der Waals surface area contributed by atoms with Crippen LogP contribution in [0.25, 0.3) is 10.8 Å². The summed E-state index contributed by atoms with van der Waals surface area (Å²) in [5, 5.41) is 4.61. The number of benzene rings is 2. The van der Waals surface area contributed by atoms with Crippen molar-refractivity contribution in [1.29, 1.82) is 0 Å². The molecule has 2 aromatic heterocycles. The molecule has 0 aliphatic heterocycles. The molecule has 1 atom stereocenters. The van der Waals surface area contributed by atoms with Crippen LogP contribution in [0.15, 0.2) is 71.5 Å². The largest absolute Gasteiger partial charge is 0.469 e. The Bertz CT molecular complexity index is 1230. The number of amides is 1. The molecule has 6 nitrogen and oxygen atoms in total. The maximum Gasteiger partial charge on any atom is 0.258 e. The first-order valence-electron chi connectivity index (χ1n) is 9.40. The fraction of sp³-hybridized carbons (Fsp3) is 0.130. The van der Waals surface area contributed by atoms with Gasteiger partial charge in [0.05, 0.1) is 17.5 Å². The Morgan fingerprint density at radius 3 is 2.76 bits per heavy atom. The highest BCUT2D eigenvalue weighted by Gasteiger charge is 2.29. The van der Waals surface area contributed by atoms with Gasteiger partial charge in [-0.3, -0.25) is 14.9 Å². The van der Waals surface area contributed by atoms with E-state index in [4.69, 9.17) is 4.42 Å². The molecule has 0 bridgehead atoms. The maximum atomic E-state index is 12.8. The number of aromatic nitrogens is 2. The number of carbonyl (C=O) groups excluding carboxylic acids is 2. The molecule has 1 aliphatic rings. The molecule has 0 radical (unpaired) electrons. The van der Waals surface area contributed by atoms with Crippen LogP contribution in [0.2, 0.25) is 0 Å². The zero-order valence-electron chi connectivity index (χ0n) is 15.5. The lowest BCUT2D eigenvalue weighted by molar-refractivity contribution is 0.0958. The van der Waals surface area contributed by atoms with E-state index in [0.29, 0.717) is 29.7 Å². The van der Waals surface area contributed by atoms with Gasteiger partial charge in [0.1, 0.15) is 5.76 Å². The second-order valence-electron chi connectivity index (χ2n) is 7.08. The molecule has 2 aromatic carbocycles. The third kappa shape index (κ3) is 3.18. The van der Waals surface area contributed by atoms with E-state index in [1.165, 1.54) is 6.20 Å². The quantitative estimate of drug-likeness (QED) is 0.567. The van der Waals surface area contributed by atoms with Crippen molar-refractivity contribution in [3.05, 3.63) is 89.6 Å². The molecular formula is C23H17N3O3. The van der Waals surface area contributed by atoms with E-state index < -0.39 is 0 Å². The topological polar surface area (TPSA) is 85.1 Å². The van der Waals surface area contributed by atoms with Crippen molar-refractivity contribution >= 4 is 28.4 Å². The minimum atomic E-state index is -0.286. The fourth-order valence-electron chi connectivity index (χ4n) is 3.82. The molecule has 0 saturated heterocycles. The Hall–Kier alpha value is -3.80. The highest BCUT2D eigenvalue weighted by Crippen LogP contribution is 2.32. The third-order valence-corrected chi connectivity index (χ3v) is 5.24. The molecule has 4 aromatic rings. The summed E-state index contributed by atoms with van der Waals surface area (Å²) >= 11 is 0. The smallest absolute Gasteiger partial charge is 0.258 e. The highest BCUT2D eigenvalue weighted by atomic mass is 16.3. The standard InChI is InChI=1S/C23H17N3O3/c27-20-12-15(21-9-4-10-29-21)11-19-18(20)13-24-23(25-19)26-22(28)17-8-3-6-14-5-1-2-7-16(14)17/h1-10,13,15H,11-12H2,(H,24,25,26,28)/t15-/m1/s1. The Morgan fingerprint density at radius 1 is 1.03 bits per heavy atom. The van der Waals surface area contributed by atoms with Gasteiger partial charge in [-0.25, -0.2) is 9.97 Å². The van der Waals surface area contributed by atoms with Gasteiger partial charge in [0.2, 0.25) is 5.95 Å².